The van der Waals surface area contributed by atoms with Crippen LogP contribution < -0.4 is 4.74 Å². The number of nitrogens with zero attached hydrogens (tertiary/aromatic N) is 2. The number of fused-ring (bicyclic) bond motifs is 1. The minimum absolute atomic E-state index is 0.000947. The average molecular weight is 359 g/mol. The molecule has 4 rings (SSSR count). The smallest absolute Gasteiger partial charge is 0.247 e. The normalized spacial score (nSPS) is 26.6. The summed E-state index contributed by atoms with van der Waals surface area (Å²) >= 11 is 6.34. The average Bonchev–Trinajstić information content (AvgIpc) is 3.17. The van der Waals surface area contributed by atoms with Crippen LogP contribution in [0.1, 0.15) is 44.1 Å². The fourth-order valence-electron chi connectivity index (χ4n) is 4.31. The highest BCUT2D eigenvalue weighted by atomic mass is 35.5. The molecule has 1 aromatic rings. The summed E-state index contributed by atoms with van der Waals surface area (Å²) in [6, 6.07) is 6.05. The van der Waals surface area contributed by atoms with Crippen LogP contribution in [0, 0.1) is 11.8 Å². The Hall–Kier alpha value is -1.81. The quantitative estimate of drug-likeness (QED) is 0.750. The first-order chi connectivity index (χ1) is 12.2. The van der Waals surface area contributed by atoms with Crippen LogP contribution in [-0.4, -0.2) is 29.8 Å². The van der Waals surface area contributed by atoms with Gasteiger partial charge in [0, 0.05) is 5.92 Å². The van der Waals surface area contributed by atoms with Gasteiger partial charge in [0.2, 0.25) is 5.91 Å². The van der Waals surface area contributed by atoms with Gasteiger partial charge in [0.05, 0.1) is 29.8 Å². The lowest BCUT2D eigenvalue weighted by Crippen LogP contribution is -2.48. The number of carbonyl (C=O) groups excluding carboxylic acids is 1. The monoisotopic (exact) mass is 358 g/mol. The standard InChI is InChI=1S/C20H23ClN2O2/c1-25-18-11-10-13(12-17(18)21)19-15-8-4-5-9-16(15)20(24)23(22-19)14-6-2-3-7-14/h4-5,10-12,14-16H,2-3,6-9H2,1H3/t15-,16+/m0/s1. The van der Waals surface area contributed by atoms with E-state index < -0.39 is 0 Å². The summed E-state index contributed by atoms with van der Waals surface area (Å²) in [6.45, 7) is 0. The second-order valence-electron chi connectivity index (χ2n) is 7.11. The lowest BCUT2D eigenvalue weighted by Gasteiger charge is -2.39. The predicted octanol–water partition coefficient (Wildman–Crippen LogP) is 4.42. The van der Waals surface area contributed by atoms with Crippen molar-refractivity contribution >= 4 is 23.2 Å². The molecule has 0 unspecified atom stereocenters. The van der Waals surface area contributed by atoms with Crippen molar-refractivity contribution in [2.75, 3.05) is 7.11 Å². The largest absolute Gasteiger partial charge is 0.495 e. The first-order valence-corrected chi connectivity index (χ1v) is 9.47. The van der Waals surface area contributed by atoms with Gasteiger partial charge in [-0.05, 0) is 49.4 Å². The highest BCUT2D eigenvalue weighted by Gasteiger charge is 2.42. The number of methoxy groups -OCH3 is 1. The Morgan fingerprint density at radius 3 is 2.56 bits per heavy atom. The molecule has 25 heavy (non-hydrogen) atoms. The van der Waals surface area contributed by atoms with Crippen molar-refractivity contribution in [3.05, 3.63) is 40.9 Å². The first-order valence-electron chi connectivity index (χ1n) is 9.09. The SMILES string of the molecule is COc1ccc(C2=NN(C3CCCC3)C(=O)[C@@H]3CC=CC[C@H]23)cc1Cl. The summed E-state index contributed by atoms with van der Waals surface area (Å²) in [7, 11) is 1.61. The molecule has 4 nitrogen and oxygen atoms in total. The fourth-order valence-corrected chi connectivity index (χ4v) is 4.56. The van der Waals surface area contributed by atoms with E-state index in [1.807, 2.05) is 18.2 Å². The van der Waals surface area contributed by atoms with Crippen molar-refractivity contribution in [1.29, 1.82) is 0 Å². The van der Waals surface area contributed by atoms with Crippen LogP contribution >= 0.6 is 11.6 Å². The summed E-state index contributed by atoms with van der Waals surface area (Å²) < 4.78 is 5.27. The minimum Gasteiger partial charge on any atom is -0.495 e. The van der Waals surface area contributed by atoms with Gasteiger partial charge in [-0.1, -0.05) is 36.6 Å². The van der Waals surface area contributed by atoms with Gasteiger partial charge < -0.3 is 4.74 Å². The molecule has 1 amide bonds. The molecule has 0 radical (unpaired) electrons. The molecule has 0 spiro atoms. The Labute approximate surface area is 153 Å². The molecule has 0 aromatic heterocycles. The molecule has 2 atom stereocenters. The fraction of sp³-hybridized carbons (Fsp3) is 0.500. The van der Waals surface area contributed by atoms with E-state index in [1.54, 1.807) is 12.1 Å². The number of ether oxygens (including phenoxy) is 1. The number of amides is 1. The Morgan fingerprint density at radius 1 is 1.16 bits per heavy atom. The van der Waals surface area contributed by atoms with Gasteiger partial charge in [0.15, 0.2) is 0 Å². The van der Waals surface area contributed by atoms with E-state index in [4.69, 9.17) is 21.4 Å². The minimum atomic E-state index is -0.000947. The Kier molecular flexibility index (Phi) is 4.55. The zero-order valence-corrected chi connectivity index (χ0v) is 15.2. The second kappa shape index (κ2) is 6.83. The highest BCUT2D eigenvalue weighted by Crippen LogP contribution is 2.38. The number of benzene rings is 1. The molecular weight excluding hydrogens is 336 g/mol. The Balaban J connectivity index is 1.76. The second-order valence-corrected chi connectivity index (χ2v) is 7.52. The molecule has 1 aliphatic heterocycles. The molecule has 1 heterocycles. The van der Waals surface area contributed by atoms with Gasteiger partial charge in [-0.15, -0.1) is 0 Å². The van der Waals surface area contributed by atoms with Crippen LogP contribution in [-0.2, 0) is 4.79 Å². The number of hydrogen-bond donors (Lipinski definition) is 0. The Bertz CT molecular complexity index is 737. The third-order valence-corrected chi connectivity index (χ3v) is 5.96. The third-order valence-electron chi connectivity index (χ3n) is 5.66. The van der Waals surface area contributed by atoms with E-state index in [1.165, 1.54) is 12.8 Å². The molecular formula is C20H23ClN2O2. The first kappa shape index (κ1) is 16.6. The van der Waals surface area contributed by atoms with Gasteiger partial charge in [0.25, 0.3) is 0 Å². The van der Waals surface area contributed by atoms with Crippen molar-refractivity contribution in [3.8, 4) is 5.75 Å². The van der Waals surface area contributed by atoms with Crippen LogP contribution in [0.2, 0.25) is 5.02 Å². The van der Waals surface area contributed by atoms with Crippen molar-refractivity contribution in [1.82, 2.24) is 5.01 Å². The number of halogens is 1. The summed E-state index contributed by atoms with van der Waals surface area (Å²) in [5.41, 5.74) is 1.98. The predicted molar refractivity (Wildman–Crippen MR) is 99.0 cm³/mol. The van der Waals surface area contributed by atoms with E-state index in [-0.39, 0.29) is 23.8 Å². The van der Waals surface area contributed by atoms with Gasteiger partial charge in [-0.25, -0.2) is 5.01 Å². The molecule has 0 saturated heterocycles. The zero-order valence-electron chi connectivity index (χ0n) is 14.5. The maximum Gasteiger partial charge on any atom is 0.247 e. The Morgan fingerprint density at radius 2 is 1.88 bits per heavy atom. The van der Waals surface area contributed by atoms with Crippen molar-refractivity contribution in [2.45, 2.75) is 44.6 Å². The summed E-state index contributed by atoms with van der Waals surface area (Å²) in [6.07, 6.45) is 10.4. The molecule has 1 fully saturated rings. The van der Waals surface area contributed by atoms with E-state index >= 15 is 0 Å². The molecule has 1 saturated carbocycles. The van der Waals surface area contributed by atoms with Crippen molar-refractivity contribution in [3.63, 3.8) is 0 Å². The van der Waals surface area contributed by atoms with Gasteiger partial charge >= 0.3 is 0 Å². The zero-order chi connectivity index (χ0) is 17.4. The van der Waals surface area contributed by atoms with Crippen molar-refractivity contribution in [2.24, 2.45) is 16.9 Å². The number of carbonyl (C=O) groups is 1. The van der Waals surface area contributed by atoms with Gasteiger partial charge in [-0.2, -0.15) is 5.10 Å². The van der Waals surface area contributed by atoms with E-state index in [2.05, 4.69) is 12.2 Å². The number of rotatable bonds is 3. The van der Waals surface area contributed by atoms with Gasteiger partial charge in [-0.3, -0.25) is 4.79 Å². The molecule has 1 aromatic carbocycles. The molecule has 2 aliphatic carbocycles. The summed E-state index contributed by atoms with van der Waals surface area (Å²) in [5, 5.41) is 7.23. The molecule has 0 bridgehead atoms. The van der Waals surface area contributed by atoms with E-state index in [0.29, 0.717) is 10.8 Å². The number of hydrogen-bond acceptors (Lipinski definition) is 3. The van der Waals surface area contributed by atoms with E-state index in [9.17, 15) is 4.79 Å². The highest BCUT2D eigenvalue weighted by molar-refractivity contribution is 6.32. The van der Waals surface area contributed by atoms with Gasteiger partial charge in [0.1, 0.15) is 5.75 Å². The third kappa shape index (κ3) is 2.97. The lowest BCUT2D eigenvalue weighted by atomic mass is 9.76. The van der Waals surface area contributed by atoms with Crippen LogP contribution in [0.5, 0.6) is 5.75 Å². The van der Waals surface area contributed by atoms with Crippen LogP contribution in [0.3, 0.4) is 0 Å². The van der Waals surface area contributed by atoms with E-state index in [0.717, 1.165) is 37.0 Å². The molecule has 3 aliphatic rings. The van der Waals surface area contributed by atoms with Crippen LogP contribution in [0.4, 0.5) is 0 Å². The summed E-state index contributed by atoms with van der Waals surface area (Å²) in [4.78, 5) is 13.0. The molecule has 0 N–H and O–H groups in total. The lowest BCUT2D eigenvalue weighted by molar-refractivity contribution is -0.140. The number of allylic oxidation sites excluding steroid dienone is 2. The van der Waals surface area contributed by atoms with Crippen LogP contribution in [0.25, 0.3) is 0 Å². The van der Waals surface area contributed by atoms with Crippen LogP contribution in [0.15, 0.2) is 35.5 Å². The number of hydrazone groups is 1. The summed E-state index contributed by atoms with van der Waals surface area (Å²) in [5.74, 6) is 0.994. The van der Waals surface area contributed by atoms with Crippen molar-refractivity contribution < 1.29 is 9.53 Å². The molecule has 5 heteroatoms. The molecule has 132 valence electrons. The maximum absolute atomic E-state index is 13.0. The maximum atomic E-state index is 13.0. The topological polar surface area (TPSA) is 41.9 Å².